The third-order valence-corrected chi connectivity index (χ3v) is 2.89. The summed E-state index contributed by atoms with van der Waals surface area (Å²) in [4.78, 5) is 23.3. The quantitative estimate of drug-likeness (QED) is 0.156. The minimum absolute atomic E-state index is 0.0177. The van der Waals surface area contributed by atoms with Crippen LogP contribution >= 0.6 is 0 Å². The molecule has 1 aromatic rings. The molecule has 0 bridgehead atoms. The van der Waals surface area contributed by atoms with E-state index in [9.17, 15) is 9.59 Å². The number of ketones is 1. The molecule has 0 saturated carbocycles. The van der Waals surface area contributed by atoms with E-state index in [1.54, 1.807) is 30.3 Å². The van der Waals surface area contributed by atoms with E-state index < -0.39 is 11.8 Å². The summed E-state index contributed by atoms with van der Waals surface area (Å²) in [5.74, 6) is -1.55. The Hall–Kier alpha value is -2.22. The molecule has 7 nitrogen and oxygen atoms in total. The van der Waals surface area contributed by atoms with Crippen LogP contribution in [-0.2, 0) is 28.5 Å². The second kappa shape index (κ2) is 14.2. The Morgan fingerprint density at radius 3 is 1.88 bits per heavy atom. The minimum atomic E-state index is -0.886. The van der Waals surface area contributed by atoms with Gasteiger partial charge in [-0.05, 0) is 0 Å². The smallest absolute Gasteiger partial charge is 0.379 e. The number of Topliss-reactive ketones (excluding diaryl/α,β-unsaturated/α-hetero) is 1. The number of carbonyl (C=O) groups is 2. The molecule has 0 aliphatic carbocycles. The molecule has 1 aromatic carbocycles. The lowest BCUT2D eigenvalue weighted by Gasteiger charge is -2.07. The van der Waals surface area contributed by atoms with E-state index in [-0.39, 0.29) is 13.2 Å². The van der Waals surface area contributed by atoms with E-state index in [1.807, 2.05) is 0 Å². The molecule has 138 valence electrons. The molecular formula is C18H24O7. The molecule has 1 rings (SSSR count). The van der Waals surface area contributed by atoms with Gasteiger partial charge in [0.1, 0.15) is 13.2 Å². The lowest BCUT2D eigenvalue weighted by atomic mass is 10.1. The maximum absolute atomic E-state index is 11.7. The molecule has 0 radical (unpaired) electrons. The fraction of sp³-hybridized carbons (Fsp3) is 0.444. The Kier molecular flexibility index (Phi) is 11.8. The van der Waals surface area contributed by atoms with Gasteiger partial charge in [0, 0.05) is 5.56 Å². The van der Waals surface area contributed by atoms with Gasteiger partial charge in [-0.25, -0.2) is 4.79 Å². The second-order valence-corrected chi connectivity index (χ2v) is 4.71. The van der Waals surface area contributed by atoms with Crippen molar-refractivity contribution in [2.45, 2.75) is 0 Å². The Labute approximate surface area is 147 Å². The van der Waals surface area contributed by atoms with Crippen LogP contribution in [0, 0.1) is 0 Å². The highest BCUT2D eigenvalue weighted by molar-refractivity contribution is 6.40. The number of hydrogen-bond acceptors (Lipinski definition) is 7. The van der Waals surface area contributed by atoms with Crippen molar-refractivity contribution in [1.29, 1.82) is 0 Å². The third-order valence-electron chi connectivity index (χ3n) is 2.89. The van der Waals surface area contributed by atoms with Gasteiger partial charge in [-0.3, -0.25) is 4.79 Å². The topological polar surface area (TPSA) is 80.3 Å². The van der Waals surface area contributed by atoms with Crippen LogP contribution < -0.4 is 0 Å². The van der Waals surface area contributed by atoms with Crippen LogP contribution in [0.5, 0.6) is 0 Å². The zero-order chi connectivity index (χ0) is 18.2. The Morgan fingerprint density at radius 1 is 0.800 bits per heavy atom. The zero-order valence-corrected chi connectivity index (χ0v) is 14.2. The highest BCUT2D eigenvalue weighted by atomic mass is 16.6. The molecule has 0 atom stereocenters. The van der Waals surface area contributed by atoms with Crippen molar-refractivity contribution in [3.05, 3.63) is 48.7 Å². The van der Waals surface area contributed by atoms with E-state index in [0.29, 0.717) is 45.2 Å². The summed E-state index contributed by atoms with van der Waals surface area (Å²) in [6.07, 6.45) is 1.37. The average molecular weight is 352 g/mol. The van der Waals surface area contributed by atoms with Crippen LogP contribution in [0.3, 0.4) is 0 Å². The van der Waals surface area contributed by atoms with Gasteiger partial charge in [-0.1, -0.05) is 36.9 Å². The van der Waals surface area contributed by atoms with Crippen molar-refractivity contribution in [2.24, 2.45) is 0 Å². The van der Waals surface area contributed by atoms with Crippen LogP contribution in [0.25, 0.3) is 0 Å². The van der Waals surface area contributed by atoms with Crippen molar-refractivity contribution < 1.29 is 33.3 Å². The summed E-state index contributed by atoms with van der Waals surface area (Å²) in [6, 6.07) is 8.26. The van der Waals surface area contributed by atoms with Crippen LogP contribution in [0.4, 0.5) is 0 Å². The Morgan fingerprint density at radius 2 is 1.32 bits per heavy atom. The fourth-order valence-electron chi connectivity index (χ4n) is 1.70. The summed E-state index contributed by atoms with van der Waals surface area (Å²) in [6.45, 7) is 6.29. The monoisotopic (exact) mass is 352 g/mol. The van der Waals surface area contributed by atoms with Crippen LogP contribution in [-0.4, -0.2) is 64.6 Å². The molecule has 0 N–H and O–H groups in total. The van der Waals surface area contributed by atoms with Crippen molar-refractivity contribution in [2.75, 3.05) is 52.9 Å². The van der Waals surface area contributed by atoms with Gasteiger partial charge in [-0.2, -0.15) is 0 Å². The summed E-state index contributed by atoms with van der Waals surface area (Å²) in [7, 11) is 0. The molecule has 0 aliphatic heterocycles. The normalized spacial score (nSPS) is 10.2. The van der Waals surface area contributed by atoms with E-state index in [4.69, 9.17) is 23.7 Å². The molecule has 0 amide bonds. The highest BCUT2D eigenvalue weighted by Crippen LogP contribution is 2.01. The molecular weight excluding hydrogens is 328 g/mol. The van der Waals surface area contributed by atoms with E-state index in [1.165, 1.54) is 6.26 Å². The van der Waals surface area contributed by atoms with Crippen molar-refractivity contribution >= 4 is 11.8 Å². The summed E-state index contributed by atoms with van der Waals surface area (Å²) in [5.41, 5.74) is 0.306. The summed E-state index contributed by atoms with van der Waals surface area (Å²) >= 11 is 0. The maximum atomic E-state index is 11.7. The number of hydrogen-bond donors (Lipinski definition) is 0. The lowest BCUT2D eigenvalue weighted by Crippen LogP contribution is -2.20. The molecule has 25 heavy (non-hydrogen) atoms. The van der Waals surface area contributed by atoms with Gasteiger partial charge in [-0.15, -0.1) is 0 Å². The number of benzene rings is 1. The Bertz CT molecular complexity index is 501. The number of carbonyl (C=O) groups excluding carboxylic acids is 2. The molecule has 0 fully saturated rings. The molecule has 0 aromatic heterocycles. The van der Waals surface area contributed by atoms with Gasteiger partial charge >= 0.3 is 5.97 Å². The Balaban J connectivity index is 1.91. The first-order valence-electron chi connectivity index (χ1n) is 7.98. The first kappa shape index (κ1) is 20.8. The van der Waals surface area contributed by atoms with Crippen LogP contribution in [0.1, 0.15) is 10.4 Å². The fourth-order valence-corrected chi connectivity index (χ4v) is 1.70. The average Bonchev–Trinajstić information content (AvgIpc) is 2.65. The maximum Gasteiger partial charge on any atom is 0.379 e. The summed E-state index contributed by atoms with van der Waals surface area (Å²) < 4.78 is 25.5. The molecule has 0 heterocycles. The van der Waals surface area contributed by atoms with Gasteiger partial charge in [0.05, 0.1) is 45.9 Å². The van der Waals surface area contributed by atoms with Crippen molar-refractivity contribution in [3.8, 4) is 0 Å². The molecule has 0 unspecified atom stereocenters. The standard InChI is InChI=1S/C18H24O7/c1-2-21-8-9-22-10-11-23-12-13-24-14-15-25-18(20)17(19)16-6-4-3-5-7-16/h2-7H,1,8-15H2. The van der Waals surface area contributed by atoms with E-state index in [2.05, 4.69) is 6.58 Å². The number of ether oxygens (including phenoxy) is 5. The highest BCUT2D eigenvalue weighted by Gasteiger charge is 2.16. The van der Waals surface area contributed by atoms with E-state index in [0.717, 1.165) is 0 Å². The minimum Gasteiger partial charge on any atom is -0.499 e. The zero-order valence-electron chi connectivity index (χ0n) is 14.2. The van der Waals surface area contributed by atoms with Gasteiger partial charge < -0.3 is 23.7 Å². The SMILES string of the molecule is C=COCCOCCOCCOCCOC(=O)C(=O)c1ccccc1. The first-order chi connectivity index (χ1) is 12.3. The third kappa shape index (κ3) is 10.3. The van der Waals surface area contributed by atoms with Crippen LogP contribution in [0.2, 0.25) is 0 Å². The van der Waals surface area contributed by atoms with Gasteiger partial charge in [0.2, 0.25) is 0 Å². The largest absolute Gasteiger partial charge is 0.499 e. The number of rotatable bonds is 15. The van der Waals surface area contributed by atoms with Gasteiger partial charge in [0.25, 0.3) is 5.78 Å². The summed E-state index contributed by atoms with van der Waals surface area (Å²) in [5, 5.41) is 0. The van der Waals surface area contributed by atoms with E-state index >= 15 is 0 Å². The molecule has 0 aliphatic rings. The lowest BCUT2D eigenvalue weighted by molar-refractivity contribution is -0.139. The molecule has 7 heteroatoms. The number of esters is 1. The first-order valence-corrected chi connectivity index (χ1v) is 7.98. The predicted molar refractivity (Wildman–Crippen MR) is 90.3 cm³/mol. The molecule has 0 spiro atoms. The van der Waals surface area contributed by atoms with Crippen molar-refractivity contribution in [1.82, 2.24) is 0 Å². The molecule has 0 saturated heterocycles. The van der Waals surface area contributed by atoms with Gasteiger partial charge in [0.15, 0.2) is 0 Å². The predicted octanol–water partition coefficient (Wildman–Crippen LogP) is 1.62. The second-order valence-electron chi connectivity index (χ2n) is 4.71. The van der Waals surface area contributed by atoms with Crippen molar-refractivity contribution in [3.63, 3.8) is 0 Å². The van der Waals surface area contributed by atoms with Crippen LogP contribution in [0.15, 0.2) is 43.2 Å².